The molecule has 0 fully saturated rings. The van der Waals surface area contributed by atoms with Gasteiger partial charge in [0.25, 0.3) is 0 Å². The number of rotatable bonds is 6. The second kappa shape index (κ2) is 6.89. The Morgan fingerprint density at radius 2 is 2.05 bits per heavy atom. The molecule has 2 rings (SSSR count). The van der Waals surface area contributed by atoms with Crippen LogP contribution in [0.2, 0.25) is 0 Å². The lowest BCUT2D eigenvalue weighted by Crippen LogP contribution is -2.34. The summed E-state index contributed by atoms with van der Waals surface area (Å²) < 4.78 is 26.3. The lowest BCUT2D eigenvalue weighted by Gasteiger charge is -2.14. The molecule has 1 aliphatic carbocycles. The normalized spacial score (nSPS) is 19.4. The average Bonchev–Trinajstić information content (AvgIpc) is 2.91. The van der Waals surface area contributed by atoms with Gasteiger partial charge in [0.15, 0.2) is 0 Å². The maximum absolute atomic E-state index is 12.0. The first kappa shape index (κ1) is 15.8. The fourth-order valence-corrected chi connectivity index (χ4v) is 3.93. The van der Waals surface area contributed by atoms with Crippen LogP contribution in [0.25, 0.3) is 0 Å². The summed E-state index contributed by atoms with van der Waals surface area (Å²) in [6.07, 6.45) is 6.15. The predicted octanol–water partition coefficient (Wildman–Crippen LogP) is 2.59. The third kappa shape index (κ3) is 5.01. The van der Waals surface area contributed by atoms with Crippen molar-refractivity contribution >= 4 is 15.9 Å². The van der Waals surface area contributed by atoms with Crippen LogP contribution in [0, 0.1) is 5.92 Å². The number of carbonyl (C=O) groups excluding carboxylic acids is 1. The van der Waals surface area contributed by atoms with Crippen molar-refractivity contribution < 1.29 is 13.2 Å². The summed E-state index contributed by atoms with van der Waals surface area (Å²) in [5, 5.41) is 0. The van der Waals surface area contributed by atoms with Crippen LogP contribution in [0.15, 0.2) is 42.5 Å². The van der Waals surface area contributed by atoms with Gasteiger partial charge in [-0.1, -0.05) is 49.4 Å². The van der Waals surface area contributed by atoms with E-state index in [9.17, 15) is 13.2 Å². The molecule has 0 aromatic heterocycles. The largest absolute Gasteiger partial charge is 0.274 e. The quantitative estimate of drug-likeness (QED) is 0.822. The SMILES string of the molecule is C[C@H](CS(=O)(=O)NC(=O)C[C@H]1C=CCC1)c1ccccc1. The first-order valence-electron chi connectivity index (χ1n) is 7.21. The zero-order valence-corrected chi connectivity index (χ0v) is 13.0. The fraction of sp³-hybridized carbons (Fsp3) is 0.438. The molecule has 0 saturated carbocycles. The first-order valence-corrected chi connectivity index (χ1v) is 8.86. The van der Waals surface area contributed by atoms with Crippen LogP contribution in [-0.4, -0.2) is 20.1 Å². The van der Waals surface area contributed by atoms with Crippen molar-refractivity contribution in [1.29, 1.82) is 0 Å². The average molecular weight is 307 g/mol. The van der Waals surface area contributed by atoms with Crippen LogP contribution in [-0.2, 0) is 14.8 Å². The number of benzene rings is 1. The lowest BCUT2D eigenvalue weighted by atomic mass is 10.0. The second-order valence-corrected chi connectivity index (χ2v) is 7.36. The summed E-state index contributed by atoms with van der Waals surface area (Å²) in [7, 11) is -3.59. The number of nitrogens with one attached hydrogen (secondary N) is 1. The Labute approximate surface area is 126 Å². The van der Waals surface area contributed by atoms with Gasteiger partial charge in [-0.05, 0) is 30.2 Å². The Hall–Kier alpha value is -1.62. The van der Waals surface area contributed by atoms with Crippen molar-refractivity contribution in [2.24, 2.45) is 5.92 Å². The summed E-state index contributed by atoms with van der Waals surface area (Å²) in [5.74, 6) is -0.468. The summed E-state index contributed by atoms with van der Waals surface area (Å²) in [6.45, 7) is 1.85. The zero-order valence-electron chi connectivity index (χ0n) is 12.2. The highest BCUT2D eigenvalue weighted by Gasteiger charge is 2.21. The molecule has 0 radical (unpaired) electrons. The van der Waals surface area contributed by atoms with Gasteiger partial charge >= 0.3 is 0 Å². The highest BCUT2D eigenvalue weighted by molar-refractivity contribution is 7.90. The molecule has 2 atom stereocenters. The molecule has 114 valence electrons. The van der Waals surface area contributed by atoms with Crippen molar-refractivity contribution in [3.8, 4) is 0 Å². The third-order valence-electron chi connectivity index (χ3n) is 3.67. The molecule has 1 aromatic carbocycles. The van der Waals surface area contributed by atoms with Gasteiger partial charge in [0.1, 0.15) is 0 Å². The van der Waals surface area contributed by atoms with Gasteiger partial charge in [-0.3, -0.25) is 9.52 Å². The maximum atomic E-state index is 12.0. The molecule has 21 heavy (non-hydrogen) atoms. The van der Waals surface area contributed by atoms with E-state index in [1.807, 2.05) is 49.4 Å². The van der Waals surface area contributed by atoms with Gasteiger partial charge in [0.05, 0.1) is 5.75 Å². The standard InChI is InChI=1S/C16H21NO3S/c1-13(15-9-3-2-4-10-15)12-21(19,20)17-16(18)11-14-7-5-6-8-14/h2-5,7,9-10,13-14H,6,8,11-12H2,1H3,(H,17,18)/t13-,14+/m1/s1. The van der Waals surface area contributed by atoms with Crippen LogP contribution < -0.4 is 4.72 Å². The summed E-state index contributed by atoms with van der Waals surface area (Å²) in [5.41, 5.74) is 0.953. The topological polar surface area (TPSA) is 63.2 Å². The number of amides is 1. The molecule has 4 nitrogen and oxygen atoms in total. The molecule has 5 heteroatoms. The minimum atomic E-state index is -3.59. The van der Waals surface area contributed by atoms with Gasteiger partial charge in [-0.15, -0.1) is 0 Å². The van der Waals surface area contributed by atoms with E-state index in [0.29, 0.717) is 0 Å². The lowest BCUT2D eigenvalue weighted by molar-refractivity contribution is -0.119. The molecule has 1 aliphatic rings. The molecule has 0 aliphatic heterocycles. The van der Waals surface area contributed by atoms with Gasteiger partial charge in [0.2, 0.25) is 15.9 Å². The Morgan fingerprint density at radius 1 is 1.33 bits per heavy atom. The van der Waals surface area contributed by atoms with Crippen LogP contribution in [0.4, 0.5) is 0 Å². The monoisotopic (exact) mass is 307 g/mol. The van der Waals surface area contributed by atoms with E-state index in [1.54, 1.807) is 0 Å². The number of sulfonamides is 1. The van der Waals surface area contributed by atoms with E-state index >= 15 is 0 Å². The van der Waals surface area contributed by atoms with Crippen LogP contribution in [0.1, 0.15) is 37.7 Å². The Bertz CT molecular complexity index is 608. The molecule has 1 N–H and O–H groups in total. The molecular weight excluding hydrogens is 286 g/mol. The number of carbonyl (C=O) groups is 1. The van der Waals surface area contributed by atoms with E-state index in [1.165, 1.54) is 0 Å². The van der Waals surface area contributed by atoms with E-state index in [-0.39, 0.29) is 24.0 Å². The van der Waals surface area contributed by atoms with E-state index in [0.717, 1.165) is 18.4 Å². The smallest absolute Gasteiger partial charge is 0.235 e. The first-order chi connectivity index (χ1) is 9.96. The fourth-order valence-electron chi connectivity index (χ4n) is 2.57. The highest BCUT2D eigenvalue weighted by Crippen LogP contribution is 2.20. The Balaban J connectivity index is 1.89. The molecule has 0 bridgehead atoms. The minimum absolute atomic E-state index is 0.0801. The molecule has 0 heterocycles. The van der Waals surface area contributed by atoms with Crippen molar-refractivity contribution in [3.05, 3.63) is 48.0 Å². The van der Waals surface area contributed by atoms with Crippen molar-refractivity contribution in [2.45, 2.75) is 32.1 Å². The summed E-state index contributed by atoms with van der Waals surface area (Å²) in [4.78, 5) is 11.8. The van der Waals surface area contributed by atoms with E-state index in [2.05, 4.69) is 4.72 Å². The van der Waals surface area contributed by atoms with Gasteiger partial charge < -0.3 is 0 Å². The molecular formula is C16H21NO3S. The van der Waals surface area contributed by atoms with Gasteiger partial charge in [-0.25, -0.2) is 8.42 Å². The molecule has 1 amide bonds. The zero-order chi connectivity index (χ0) is 15.3. The molecule has 0 saturated heterocycles. The number of allylic oxidation sites excluding steroid dienone is 2. The Morgan fingerprint density at radius 3 is 2.67 bits per heavy atom. The van der Waals surface area contributed by atoms with Crippen LogP contribution >= 0.6 is 0 Å². The molecule has 0 unspecified atom stereocenters. The minimum Gasteiger partial charge on any atom is -0.274 e. The Kier molecular flexibility index (Phi) is 5.17. The van der Waals surface area contributed by atoms with Crippen LogP contribution in [0.3, 0.4) is 0 Å². The van der Waals surface area contributed by atoms with E-state index < -0.39 is 15.9 Å². The maximum Gasteiger partial charge on any atom is 0.235 e. The molecule has 0 spiro atoms. The second-order valence-electron chi connectivity index (χ2n) is 5.59. The van der Waals surface area contributed by atoms with E-state index in [4.69, 9.17) is 0 Å². The van der Waals surface area contributed by atoms with Gasteiger partial charge in [-0.2, -0.15) is 0 Å². The van der Waals surface area contributed by atoms with Crippen molar-refractivity contribution in [3.63, 3.8) is 0 Å². The van der Waals surface area contributed by atoms with Crippen molar-refractivity contribution in [1.82, 2.24) is 4.72 Å². The number of hydrogen-bond donors (Lipinski definition) is 1. The summed E-state index contributed by atoms with van der Waals surface area (Å²) in [6, 6.07) is 9.44. The van der Waals surface area contributed by atoms with Crippen molar-refractivity contribution in [2.75, 3.05) is 5.75 Å². The van der Waals surface area contributed by atoms with Crippen LogP contribution in [0.5, 0.6) is 0 Å². The number of hydrogen-bond acceptors (Lipinski definition) is 3. The third-order valence-corrected chi connectivity index (χ3v) is 5.14. The predicted molar refractivity (Wildman–Crippen MR) is 83.3 cm³/mol. The summed E-state index contributed by atoms with van der Waals surface area (Å²) >= 11 is 0. The van der Waals surface area contributed by atoms with Gasteiger partial charge in [0, 0.05) is 6.42 Å². The highest BCUT2D eigenvalue weighted by atomic mass is 32.2. The molecule has 1 aromatic rings.